The Balaban J connectivity index is 1.70. The van der Waals surface area contributed by atoms with Crippen LogP contribution in [0.2, 0.25) is 25.7 Å². The van der Waals surface area contributed by atoms with Crippen molar-refractivity contribution in [2.45, 2.75) is 51.9 Å². The number of rotatable bonds is 10. The van der Waals surface area contributed by atoms with Gasteiger partial charge in [-0.05, 0) is 18.5 Å². The summed E-state index contributed by atoms with van der Waals surface area (Å²) in [5.74, 6) is 1.000. The predicted octanol–water partition coefficient (Wildman–Crippen LogP) is 5.71. The first kappa shape index (κ1) is 21.5. The molecule has 0 aliphatic rings. The maximum atomic E-state index is 6.01. The van der Waals surface area contributed by atoms with E-state index >= 15 is 0 Å². The van der Waals surface area contributed by atoms with E-state index < -0.39 is 8.07 Å². The van der Waals surface area contributed by atoms with Gasteiger partial charge in [-0.3, -0.25) is 0 Å². The van der Waals surface area contributed by atoms with Gasteiger partial charge in [-0.2, -0.15) is 0 Å². The van der Waals surface area contributed by atoms with E-state index in [0.717, 1.165) is 23.7 Å². The normalized spacial score (nSPS) is 12.8. The van der Waals surface area contributed by atoms with Crippen molar-refractivity contribution in [3.8, 4) is 11.3 Å². The minimum absolute atomic E-state index is 0.259. The van der Waals surface area contributed by atoms with E-state index in [9.17, 15) is 0 Å². The summed E-state index contributed by atoms with van der Waals surface area (Å²) in [6.45, 7) is 11.4. The van der Waals surface area contributed by atoms with Crippen LogP contribution in [0.4, 0.5) is 0 Å². The molecule has 0 amide bonds. The molecule has 1 N–H and O–H groups in total. The molecule has 154 valence electrons. The van der Waals surface area contributed by atoms with Gasteiger partial charge in [-0.15, -0.1) is 0 Å². The molecule has 2 aromatic carbocycles. The summed E-state index contributed by atoms with van der Waals surface area (Å²) < 4.78 is 8.14. The minimum atomic E-state index is -1.09. The lowest BCUT2D eigenvalue weighted by Crippen LogP contribution is -2.23. The van der Waals surface area contributed by atoms with Crippen LogP contribution in [0.15, 0.2) is 66.9 Å². The van der Waals surface area contributed by atoms with Gasteiger partial charge in [0.05, 0.1) is 12.2 Å². The SMILES string of the molecule is C[C@@H](NCc1nc(-c2ccccc2)cn1COCC[Si](C)(C)C)c1ccccc1. The second-order valence-electron chi connectivity index (χ2n) is 8.74. The van der Waals surface area contributed by atoms with Gasteiger partial charge < -0.3 is 14.6 Å². The third-order valence-electron chi connectivity index (χ3n) is 5.02. The van der Waals surface area contributed by atoms with E-state index in [-0.39, 0.29) is 6.04 Å². The highest BCUT2D eigenvalue weighted by atomic mass is 28.3. The number of benzene rings is 2. The zero-order chi connectivity index (χ0) is 20.7. The first-order valence-electron chi connectivity index (χ1n) is 10.4. The zero-order valence-electron chi connectivity index (χ0n) is 18.1. The topological polar surface area (TPSA) is 39.1 Å². The van der Waals surface area contributed by atoms with Crippen LogP contribution in [-0.2, 0) is 18.0 Å². The van der Waals surface area contributed by atoms with Crippen LogP contribution in [-0.4, -0.2) is 24.2 Å². The summed E-state index contributed by atoms with van der Waals surface area (Å²) in [5, 5.41) is 3.60. The van der Waals surface area contributed by atoms with Gasteiger partial charge in [0.15, 0.2) is 0 Å². The van der Waals surface area contributed by atoms with Gasteiger partial charge in [-0.25, -0.2) is 4.98 Å². The zero-order valence-corrected chi connectivity index (χ0v) is 19.1. The molecular weight excluding hydrogens is 374 g/mol. The fraction of sp³-hybridized carbons (Fsp3) is 0.375. The van der Waals surface area contributed by atoms with Gasteiger partial charge in [0, 0.05) is 32.5 Å². The molecule has 0 unspecified atom stereocenters. The quantitative estimate of drug-likeness (QED) is 0.345. The van der Waals surface area contributed by atoms with E-state index in [1.807, 2.05) is 24.3 Å². The standard InChI is InChI=1S/C24H33N3OSi/c1-20(21-11-7-5-8-12-21)25-17-24-26-23(22-13-9-6-10-14-22)18-27(24)19-28-15-16-29(2,3)4/h5-14,18,20,25H,15-17,19H2,1-4H3/t20-/m1/s1. The van der Waals surface area contributed by atoms with Crippen molar-refractivity contribution in [2.75, 3.05) is 6.61 Å². The van der Waals surface area contributed by atoms with Crippen molar-refractivity contribution >= 4 is 8.07 Å². The molecule has 5 heteroatoms. The fourth-order valence-corrected chi connectivity index (χ4v) is 3.86. The van der Waals surface area contributed by atoms with Crippen LogP contribution in [0, 0.1) is 0 Å². The summed E-state index contributed by atoms with van der Waals surface area (Å²) in [7, 11) is -1.09. The number of nitrogens with zero attached hydrogens (tertiary/aromatic N) is 2. The molecule has 3 rings (SSSR count). The average Bonchev–Trinajstić information content (AvgIpc) is 3.13. The van der Waals surface area contributed by atoms with E-state index in [0.29, 0.717) is 13.3 Å². The summed E-state index contributed by atoms with van der Waals surface area (Å²) in [6, 6.07) is 22.3. The number of ether oxygens (including phenoxy) is 1. The van der Waals surface area contributed by atoms with Crippen molar-refractivity contribution < 1.29 is 4.74 Å². The highest BCUT2D eigenvalue weighted by Crippen LogP contribution is 2.20. The average molecular weight is 408 g/mol. The summed E-state index contributed by atoms with van der Waals surface area (Å²) in [4.78, 5) is 4.90. The van der Waals surface area contributed by atoms with E-state index in [1.54, 1.807) is 0 Å². The maximum absolute atomic E-state index is 6.01. The molecule has 0 saturated carbocycles. The first-order valence-corrected chi connectivity index (χ1v) is 14.1. The van der Waals surface area contributed by atoms with Crippen molar-refractivity contribution in [2.24, 2.45) is 0 Å². The van der Waals surface area contributed by atoms with Crippen LogP contribution in [0.25, 0.3) is 11.3 Å². The Labute approximate surface area is 176 Å². The van der Waals surface area contributed by atoms with Crippen LogP contribution in [0.5, 0.6) is 0 Å². The molecule has 0 aliphatic heterocycles. The number of nitrogens with one attached hydrogen (secondary N) is 1. The molecule has 3 aromatic rings. The molecule has 0 spiro atoms. The monoisotopic (exact) mass is 407 g/mol. The third-order valence-corrected chi connectivity index (χ3v) is 6.73. The molecule has 1 atom stereocenters. The molecule has 4 nitrogen and oxygen atoms in total. The Morgan fingerprint density at radius 2 is 1.66 bits per heavy atom. The van der Waals surface area contributed by atoms with Crippen molar-refractivity contribution in [3.05, 3.63) is 78.2 Å². The third kappa shape index (κ3) is 6.67. The molecule has 0 radical (unpaired) electrons. The van der Waals surface area contributed by atoms with Crippen molar-refractivity contribution in [3.63, 3.8) is 0 Å². The lowest BCUT2D eigenvalue weighted by Gasteiger charge is -2.17. The van der Waals surface area contributed by atoms with Gasteiger partial charge in [0.2, 0.25) is 0 Å². The maximum Gasteiger partial charge on any atom is 0.125 e. The number of imidazole rings is 1. The highest BCUT2D eigenvalue weighted by molar-refractivity contribution is 6.76. The van der Waals surface area contributed by atoms with Crippen molar-refractivity contribution in [1.29, 1.82) is 0 Å². The molecule has 0 saturated heterocycles. The lowest BCUT2D eigenvalue weighted by atomic mass is 10.1. The second kappa shape index (κ2) is 10.0. The molecule has 0 aliphatic carbocycles. The van der Waals surface area contributed by atoms with Crippen LogP contribution >= 0.6 is 0 Å². The molecule has 0 fully saturated rings. The Kier molecular flexibility index (Phi) is 7.42. The van der Waals surface area contributed by atoms with E-state index in [2.05, 4.69) is 79.0 Å². The van der Waals surface area contributed by atoms with Crippen LogP contribution in [0.1, 0.15) is 24.4 Å². The van der Waals surface area contributed by atoms with Crippen LogP contribution < -0.4 is 5.32 Å². The summed E-state index contributed by atoms with van der Waals surface area (Å²) in [6.07, 6.45) is 2.11. The van der Waals surface area contributed by atoms with Gasteiger partial charge in [0.1, 0.15) is 12.6 Å². The number of hydrogen-bond acceptors (Lipinski definition) is 3. The van der Waals surface area contributed by atoms with E-state index in [4.69, 9.17) is 9.72 Å². The lowest BCUT2D eigenvalue weighted by molar-refractivity contribution is 0.0848. The Bertz CT molecular complexity index is 872. The minimum Gasteiger partial charge on any atom is -0.361 e. The Morgan fingerprint density at radius 3 is 2.31 bits per heavy atom. The van der Waals surface area contributed by atoms with E-state index in [1.165, 1.54) is 11.6 Å². The Morgan fingerprint density at radius 1 is 1.00 bits per heavy atom. The largest absolute Gasteiger partial charge is 0.361 e. The fourth-order valence-electron chi connectivity index (χ4n) is 3.10. The predicted molar refractivity (Wildman–Crippen MR) is 123 cm³/mol. The number of hydrogen-bond donors (Lipinski definition) is 1. The first-order chi connectivity index (χ1) is 13.9. The highest BCUT2D eigenvalue weighted by Gasteiger charge is 2.14. The molecule has 1 aromatic heterocycles. The molecule has 29 heavy (non-hydrogen) atoms. The molecular formula is C24H33N3OSi. The second-order valence-corrected chi connectivity index (χ2v) is 14.4. The van der Waals surface area contributed by atoms with Gasteiger partial charge in [0.25, 0.3) is 0 Å². The Hall–Kier alpha value is -2.21. The summed E-state index contributed by atoms with van der Waals surface area (Å²) in [5.41, 5.74) is 3.40. The van der Waals surface area contributed by atoms with Crippen LogP contribution in [0.3, 0.4) is 0 Å². The molecule has 1 heterocycles. The molecule has 0 bridgehead atoms. The van der Waals surface area contributed by atoms with Gasteiger partial charge >= 0.3 is 0 Å². The van der Waals surface area contributed by atoms with Crippen molar-refractivity contribution in [1.82, 2.24) is 14.9 Å². The smallest absolute Gasteiger partial charge is 0.125 e. The summed E-state index contributed by atoms with van der Waals surface area (Å²) >= 11 is 0. The number of aromatic nitrogens is 2. The van der Waals surface area contributed by atoms with Gasteiger partial charge in [-0.1, -0.05) is 80.3 Å².